The minimum atomic E-state index is 0.560. The van der Waals surface area contributed by atoms with E-state index in [0.717, 1.165) is 29.4 Å². The average Bonchev–Trinajstić information content (AvgIpc) is 2.50. The second-order valence-corrected chi connectivity index (χ2v) is 5.50. The highest BCUT2D eigenvalue weighted by atomic mass is 35.5. The molecule has 2 N–H and O–H groups in total. The van der Waals surface area contributed by atoms with Crippen LogP contribution in [0.1, 0.15) is 11.1 Å². The van der Waals surface area contributed by atoms with Crippen LogP contribution in [0.15, 0.2) is 48.5 Å². The standard InChI is InChI=1S/C17H21ClN2O/c1-20(13-15-2-6-16(18)7-3-15)10-11-21-17-8-4-14(12-19)5-9-17/h2-9H,10-13,19H2,1H3. The van der Waals surface area contributed by atoms with Gasteiger partial charge in [0, 0.05) is 24.7 Å². The lowest BCUT2D eigenvalue weighted by molar-refractivity contribution is 0.233. The SMILES string of the molecule is CN(CCOc1ccc(CN)cc1)Cc1ccc(Cl)cc1. The maximum absolute atomic E-state index is 5.88. The van der Waals surface area contributed by atoms with Gasteiger partial charge >= 0.3 is 0 Å². The van der Waals surface area contributed by atoms with Crippen LogP contribution in [0.2, 0.25) is 5.02 Å². The van der Waals surface area contributed by atoms with Crippen LogP contribution in [0.4, 0.5) is 0 Å². The molecule has 0 unspecified atom stereocenters. The lowest BCUT2D eigenvalue weighted by atomic mass is 10.2. The summed E-state index contributed by atoms with van der Waals surface area (Å²) in [6.45, 7) is 2.96. The van der Waals surface area contributed by atoms with E-state index >= 15 is 0 Å². The molecule has 0 aliphatic heterocycles. The van der Waals surface area contributed by atoms with E-state index in [4.69, 9.17) is 22.1 Å². The second-order valence-electron chi connectivity index (χ2n) is 5.06. The summed E-state index contributed by atoms with van der Waals surface area (Å²) >= 11 is 5.88. The van der Waals surface area contributed by atoms with Crippen LogP contribution in [0.25, 0.3) is 0 Å². The van der Waals surface area contributed by atoms with Gasteiger partial charge in [-0.2, -0.15) is 0 Å². The van der Waals surface area contributed by atoms with Crippen molar-refractivity contribution in [2.45, 2.75) is 13.1 Å². The molecule has 0 heterocycles. The molecule has 112 valence electrons. The number of nitrogens with zero attached hydrogens (tertiary/aromatic N) is 1. The number of ether oxygens (including phenoxy) is 1. The van der Waals surface area contributed by atoms with Gasteiger partial charge in [0.2, 0.25) is 0 Å². The molecule has 4 heteroatoms. The third-order valence-corrected chi connectivity index (χ3v) is 3.52. The van der Waals surface area contributed by atoms with Crippen molar-refractivity contribution < 1.29 is 4.74 Å². The fourth-order valence-electron chi connectivity index (χ4n) is 2.02. The predicted octanol–water partition coefficient (Wildman–Crippen LogP) is 3.31. The number of benzene rings is 2. The fraction of sp³-hybridized carbons (Fsp3) is 0.294. The van der Waals surface area contributed by atoms with Gasteiger partial charge in [-0.05, 0) is 42.4 Å². The van der Waals surface area contributed by atoms with Gasteiger partial charge in [-0.1, -0.05) is 35.9 Å². The van der Waals surface area contributed by atoms with Crippen molar-refractivity contribution in [2.75, 3.05) is 20.2 Å². The molecule has 0 aliphatic carbocycles. The maximum atomic E-state index is 5.88. The number of halogens is 1. The summed E-state index contributed by atoms with van der Waals surface area (Å²) in [5.74, 6) is 0.882. The molecular formula is C17H21ClN2O. The number of hydrogen-bond donors (Lipinski definition) is 1. The fourth-order valence-corrected chi connectivity index (χ4v) is 2.15. The van der Waals surface area contributed by atoms with E-state index in [-0.39, 0.29) is 0 Å². The molecule has 21 heavy (non-hydrogen) atoms. The smallest absolute Gasteiger partial charge is 0.119 e. The van der Waals surface area contributed by atoms with Crippen molar-refractivity contribution in [2.24, 2.45) is 5.73 Å². The van der Waals surface area contributed by atoms with Crippen molar-refractivity contribution in [3.8, 4) is 5.75 Å². The van der Waals surface area contributed by atoms with Crippen molar-refractivity contribution in [1.29, 1.82) is 0 Å². The van der Waals surface area contributed by atoms with E-state index in [9.17, 15) is 0 Å². The Labute approximate surface area is 131 Å². The first-order valence-corrected chi connectivity index (χ1v) is 7.40. The molecule has 2 aromatic carbocycles. The molecule has 0 amide bonds. The average molecular weight is 305 g/mol. The first-order valence-electron chi connectivity index (χ1n) is 7.02. The van der Waals surface area contributed by atoms with Crippen molar-refractivity contribution >= 4 is 11.6 Å². The Hall–Kier alpha value is -1.55. The summed E-state index contributed by atoms with van der Waals surface area (Å²) in [7, 11) is 2.08. The van der Waals surface area contributed by atoms with E-state index in [1.165, 1.54) is 5.56 Å². The van der Waals surface area contributed by atoms with Crippen LogP contribution < -0.4 is 10.5 Å². The summed E-state index contributed by atoms with van der Waals surface area (Å²) in [5, 5.41) is 0.769. The van der Waals surface area contributed by atoms with Crippen LogP contribution in [-0.2, 0) is 13.1 Å². The van der Waals surface area contributed by atoms with Crippen LogP contribution in [-0.4, -0.2) is 25.1 Å². The number of likely N-dealkylation sites (N-methyl/N-ethyl adjacent to an activating group) is 1. The van der Waals surface area contributed by atoms with Crippen LogP contribution >= 0.6 is 11.6 Å². The van der Waals surface area contributed by atoms with E-state index in [1.54, 1.807) is 0 Å². The molecule has 0 saturated heterocycles. The Morgan fingerprint density at radius 2 is 1.62 bits per heavy atom. The first-order chi connectivity index (χ1) is 10.2. The maximum Gasteiger partial charge on any atom is 0.119 e. The molecule has 0 saturated carbocycles. The van der Waals surface area contributed by atoms with Crippen LogP contribution in [0, 0.1) is 0 Å². The van der Waals surface area contributed by atoms with Crippen molar-refractivity contribution in [3.63, 3.8) is 0 Å². The highest BCUT2D eigenvalue weighted by molar-refractivity contribution is 6.30. The summed E-state index contributed by atoms with van der Waals surface area (Å²) in [6.07, 6.45) is 0. The highest BCUT2D eigenvalue weighted by Crippen LogP contribution is 2.13. The molecule has 0 bridgehead atoms. The predicted molar refractivity (Wildman–Crippen MR) is 87.6 cm³/mol. The number of rotatable bonds is 7. The zero-order valence-corrected chi connectivity index (χ0v) is 13.0. The topological polar surface area (TPSA) is 38.5 Å². The van der Waals surface area contributed by atoms with E-state index in [2.05, 4.69) is 11.9 Å². The minimum Gasteiger partial charge on any atom is -0.492 e. The molecule has 0 aliphatic rings. The Balaban J connectivity index is 1.73. The van der Waals surface area contributed by atoms with Gasteiger partial charge in [0.15, 0.2) is 0 Å². The summed E-state index contributed by atoms with van der Waals surface area (Å²) in [5.41, 5.74) is 7.92. The molecule has 2 aromatic rings. The molecule has 0 atom stereocenters. The molecular weight excluding hydrogens is 284 g/mol. The van der Waals surface area contributed by atoms with Gasteiger partial charge in [0.25, 0.3) is 0 Å². The first kappa shape index (κ1) is 15.8. The number of nitrogens with two attached hydrogens (primary N) is 1. The Morgan fingerprint density at radius 1 is 1.00 bits per heavy atom. The van der Waals surface area contributed by atoms with E-state index < -0.39 is 0 Å². The summed E-state index contributed by atoms with van der Waals surface area (Å²) in [4.78, 5) is 2.22. The molecule has 0 spiro atoms. The molecule has 0 aromatic heterocycles. The Bertz CT molecular complexity index is 540. The second kappa shape index (κ2) is 8.03. The quantitative estimate of drug-likeness (QED) is 0.853. The Morgan fingerprint density at radius 3 is 2.24 bits per heavy atom. The van der Waals surface area contributed by atoms with Crippen molar-refractivity contribution in [3.05, 3.63) is 64.7 Å². The van der Waals surface area contributed by atoms with E-state index in [0.29, 0.717) is 13.2 Å². The molecule has 0 radical (unpaired) electrons. The zero-order valence-electron chi connectivity index (χ0n) is 12.3. The molecule has 3 nitrogen and oxygen atoms in total. The van der Waals surface area contributed by atoms with Gasteiger partial charge in [0.1, 0.15) is 12.4 Å². The lowest BCUT2D eigenvalue weighted by Gasteiger charge is -2.17. The van der Waals surface area contributed by atoms with E-state index in [1.807, 2.05) is 48.5 Å². The van der Waals surface area contributed by atoms with Gasteiger partial charge < -0.3 is 10.5 Å². The van der Waals surface area contributed by atoms with Crippen LogP contribution in [0.5, 0.6) is 5.75 Å². The third kappa shape index (κ3) is 5.38. The van der Waals surface area contributed by atoms with Crippen LogP contribution in [0.3, 0.4) is 0 Å². The van der Waals surface area contributed by atoms with Gasteiger partial charge in [-0.15, -0.1) is 0 Å². The summed E-state index contributed by atoms with van der Waals surface area (Å²) < 4.78 is 5.73. The van der Waals surface area contributed by atoms with Crippen molar-refractivity contribution in [1.82, 2.24) is 4.90 Å². The van der Waals surface area contributed by atoms with Gasteiger partial charge in [-0.25, -0.2) is 0 Å². The number of hydrogen-bond acceptors (Lipinski definition) is 3. The summed E-state index contributed by atoms with van der Waals surface area (Å²) in [6, 6.07) is 15.8. The molecule has 0 fully saturated rings. The highest BCUT2D eigenvalue weighted by Gasteiger charge is 2.01. The van der Waals surface area contributed by atoms with Gasteiger partial charge in [0.05, 0.1) is 0 Å². The van der Waals surface area contributed by atoms with Gasteiger partial charge in [-0.3, -0.25) is 4.90 Å². The largest absolute Gasteiger partial charge is 0.492 e. The third-order valence-electron chi connectivity index (χ3n) is 3.27. The molecule has 2 rings (SSSR count). The zero-order chi connectivity index (χ0) is 15.1. The lowest BCUT2D eigenvalue weighted by Crippen LogP contribution is -2.23. The monoisotopic (exact) mass is 304 g/mol. The minimum absolute atomic E-state index is 0.560. The Kier molecular flexibility index (Phi) is 6.05. The normalized spacial score (nSPS) is 10.9.